The second-order valence-electron chi connectivity index (χ2n) is 5.27. The van der Waals surface area contributed by atoms with Gasteiger partial charge in [0.15, 0.2) is 0 Å². The second-order valence-corrected chi connectivity index (χ2v) is 5.27. The van der Waals surface area contributed by atoms with E-state index >= 15 is 0 Å². The molecule has 2 aromatic rings. The van der Waals surface area contributed by atoms with Crippen molar-refractivity contribution in [2.75, 3.05) is 0 Å². The van der Waals surface area contributed by atoms with Gasteiger partial charge in [-0.15, -0.1) is 0 Å². The van der Waals surface area contributed by atoms with Crippen molar-refractivity contribution in [3.8, 4) is 0 Å². The largest absolute Gasteiger partial charge is 0.347 e. The zero-order valence-corrected chi connectivity index (χ0v) is 10.4. The molecule has 0 radical (unpaired) electrons. The molecule has 0 aromatic heterocycles. The van der Waals surface area contributed by atoms with Crippen LogP contribution in [-0.4, -0.2) is 11.4 Å². The predicted octanol–water partition coefficient (Wildman–Crippen LogP) is 3.37. The number of rotatable bonds is 1. The molecule has 17 heavy (non-hydrogen) atoms. The molecule has 0 aliphatic carbocycles. The summed E-state index contributed by atoms with van der Waals surface area (Å²) in [5, 5.41) is 5.21. The number of hydrogen-bond acceptors (Lipinski definition) is 1. The minimum atomic E-state index is -0.206. The maximum atomic E-state index is 12.0. The first-order valence-corrected chi connectivity index (χ1v) is 5.77. The van der Waals surface area contributed by atoms with Gasteiger partial charge < -0.3 is 5.32 Å². The standard InChI is InChI=1S/C15H17NO/c1-15(2,3)16-14(17)13-9-8-11-6-4-5-7-12(11)10-13/h4-10H,1-3H3,(H,16,17). The maximum absolute atomic E-state index is 12.0. The third-order valence-corrected chi connectivity index (χ3v) is 2.50. The van der Waals surface area contributed by atoms with Gasteiger partial charge in [0.1, 0.15) is 0 Å². The van der Waals surface area contributed by atoms with Crippen LogP contribution in [0.15, 0.2) is 42.5 Å². The summed E-state index contributed by atoms with van der Waals surface area (Å²) >= 11 is 0. The van der Waals surface area contributed by atoms with Crippen molar-refractivity contribution in [3.05, 3.63) is 48.0 Å². The Morgan fingerprint density at radius 3 is 2.29 bits per heavy atom. The summed E-state index contributed by atoms with van der Waals surface area (Å²) in [6, 6.07) is 13.8. The number of nitrogens with one attached hydrogen (secondary N) is 1. The Bertz CT molecular complexity index is 552. The summed E-state index contributed by atoms with van der Waals surface area (Å²) in [4.78, 5) is 12.0. The summed E-state index contributed by atoms with van der Waals surface area (Å²) in [7, 11) is 0. The lowest BCUT2D eigenvalue weighted by molar-refractivity contribution is 0.0919. The van der Waals surface area contributed by atoms with Gasteiger partial charge in [0.05, 0.1) is 0 Å². The van der Waals surface area contributed by atoms with Crippen LogP contribution >= 0.6 is 0 Å². The highest BCUT2D eigenvalue weighted by Crippen LogP contribution is 2.16. The highest BCUT2D eigenvalue weighted by molar-refractivity contribution is 5.98. The molecule has 0 saturated heterocycles. The van der Waals surface area contributed by atoms with Crippen molar-refractivity contribution < 1.29 is 4.79 Å². The van der Waals surface area contributed by atoms with Crippen molar-refractivity contribution in [2.24, 2.45) is 0 Å². The molecule has 0 aliphatic heterocycles. The molecule has 1 amide bonds. The third kappa shape index (κ3) is 2.84. The molecule has 2 aromatic carbocycles. The Kier molecular flexibility index (Phi) is 2.88. The maximum Gasteiger partial charge on any atom is 0.251 e. The molecule has 0 unspecified atom stereocenters. The van der Waals surface area contributed by atoms with Crippen LogP contribution in [-0.2, 0) is 0 Å². The molecule has 0 aliphatic rings. The highest BCUT2D eigenvalue weighted by atomic mass is 16.1. The van der Waals surface area contributed by atoms with Gasteiger partial charge >= 0.3 is 0 Å². The highest BCUT2D eigenvalue weighted by Gasteiger charge is 2.15. The summed E-state index contributed by atoms with van der Waals surface area (Å²) in [5.41, 5.74) is 0.501. The minimum absolute atomic E-state index is 0.0248. The van der Waals surface area contributed by atoms with E-state index in [2.05, 4.69) is 5.32 Å². The van der Waals surface area contributed by atoms with Gasteiger partial charge in [-0.2, -0.15) is 0 Å². The fraction of sp³-hybridized carbons (Fsp3) is 0.267. The van der Waals surface area contributed by atoms with Gasteiger partial charge in [0, 0.05) is 11.1 Å². The van der Waals surface area contributed by atoms with Crippen LogP contribution in [0.5, 0.6) is 0 Å². The van der Waals surface area contributed by atoms with Crippen LogP contribution in [0.2, 0.25) is 0 Å². The number of carbonyl (C=O) groups is 1. The Morgan fingerprint density at radius 1 is 1.00 bits per heavy atom. The number of amides is 1. The summed E-state index contributed by atoms with van der Waals surface area (Å²) in [6.45, 7) is 5.93. The van der Waals surface area contributed by atoms with Crippen LogP contribution in [0.25, 0.3) is 10.8 Å². The van der Waals surface area contributed by atoms with Crippen molar-refractivity contribution in [3.63, 3.8) is 0 Å². The molecular formula is C15H17NO. The van der Waals surface area contributed by atoms with Crippen molar-refractivity contribution in [1.29, 1.82) is 0 Å². The lowest BCUT2D eigenvalue weighted by atomic mass is 10.0. The lowest BCUT2D eigenvalue weighted by Gasteiger charge is -2.20. The van der Waals surface area contributed by atoms with Crippen LogP contribution in [0.3, 0.4) is 0 Å². The Morgan fingerprint density at radius 2 is 1.65 bits per heavy atom. The molecule has 0 heterocycles. The second kappa shape index (κ2) is 4.21. The molecule has 0 spiro atoms. The summed E-state index contributed by atoms with van der Waals surface area (Å²) in [5.74, 6) is -0.0248. The Labute approximate surface area is 102 Å². The predicted molar refractivity (Wildman–Crippen MR) is 71.2 cm³/mol. The number of fused-ring (bicyclic) bond motifs is 1. The zero-order valence-electron chi connectivity index (χ0n) is 10.4. The molecule has 88 valence electrons. The van der Waals surface area contributed by atoms with Gasteiger partial charge in [-0.1, -0.05) is 30.3 Å². The third-order valence-electron chi connectivity index (χ3n) is 2.50. The van der Waals surface area contributed by atoms with Gasteiger partial charge in [0.2, 0.25) is 0 Å². The molecule has 0 fully saturated rings. The molecule has 1 N–H and O–H groups in total. The molecule has 2 nitrogen and oxygen atoms in total. The number of hydrogen-bond donors (Lipinski definition) is 1. The SMILES string of the molecule is CC(C)(C)NC(=O)c1ccc2ccccc2c1. The van der Waals surface area contributed by atoms with E-state index in [0.29, 0.717) is 5.56 Å². The molecule has 0 bridgehead atoms. The van der Waals surface area contributed by atoms with E-state index in [4.69, 9.17) is 0 Å². The molecular weight excluding hydrogens is 210 g/mol. The Hall–Kier alpha value is -1.83. The first-order valence-electron chi connectivity index (χ1n) is 5.77. The quantitative estimate of drug-likeness (QED) is 0.795. The average molecular weight is 227 g/mol. The summed E-state index contributed by atoms with van der Waals surface area (Å²) < 4.78 is 0. The van der Waals surface area contributed by atoms with Crippen molar-refractivity contribution in [2.45, 2.75) is 26.3 Å². The smallest absolute Gasteiger partial charge is 0.251 e. The van der Waals surface area contributed by atoms with Crippen LogP contribution in [0, 0.1) is 0 Å². The van der Waals surface area contributed by atoms with Gasteiger partial charge in [-0.3, -0.25) is 4.79 Å². The fourth-order valence-corrected chi connectivity index (χ4v) is 1.74. The first kappa shape index (κ1) is 11.6. The van der Waals surface area contributed by atoms with Gasteiger partial charge in [0.25, 0.3) is 5.91 Å². The minimum Gasteiger partial charge on any atom is -0.347 e. The first-order chi connectivity index (χ1) is 7.96. The normalized spacial score (nSPS) is 11.5. The van der Waals surface area contributed by atoms with E-state index in [9.17, 15) is 4.79 Å². The summed E-state index contributed by atoms with van der Waals surface area (Å²) in [6.07, 6.45) is 0. The molecule has 2 rings (SSSR count). The fourth-order valence-electron chi connectivity index (χ4n) is 1.74. The molecule has 0 saturated carbocycles. The van der Waals surface area contributed by atoms with Crippen LogP contribution in [0.1, 0.15) is 31.1 Å². The van der Waals surface area contributed by atoms with Gasteiger partial charge in [-0.05, 0) is 43.7 Å². The zero-order chi connectivity index (χ0) is 12.5. The van der Waals surface area contributed by atoms with E-state index in [1.807, 2.05) is 63.2 Å². The van der Waals surface area contributed by atoms with Crippen molar-refractivity contribution >= 4 is 16.7 Å². The van der Waals surface area contributed by atoms with Crippen LogP contribution in [0.4, 0.5) is 0 Å². The molecule has 2 heteroatoms. The Balaban J connectivity index is 2.33. The van der Waals surface area contributed by atoms with E-state index in [-0.39, 0.29) is 11.4 Å². The molecule has 0 atom stereocenters. The van der Waals surface area contributed by atoms with E-state index in [0.717, 1.165) is 10.8 Å². The average Bonchev–Trinajstić information content (AvgIpc) is 2.26. The lowest BCUT2D eigenvalue weighted by Crippen LogP contribution is -2.40. The van der Waals surface area contributed by atoms with E-state index in [1.165, 1.54) is 0 Å². The van der Waals surface area contributed by atoms with Crippen LogP contribution < -0.4 is 5.32 Å². The number of carbonyl (C=O) groups excluding carboxylic acids is 1. The van der Waals surface area contributed by atoms with Gasteiger partial charge in [-0.25, -0.2) is 0 Å². The van der Waals surface area contributed by atoms with E-state index < -0.39 is 0 Å². The topological polar surface area (TPSA) is 29.1 Å². The van der Waals surface area contributed by atoms with Crippen molar-refractivity contribution in [1.82, 2.24) is 5.32 Å². The monoisotopic (exact) mass is 227 g/mol. The number of benzene rings is 2. The van der Waals surface area contributed by atoms with E-state index in [1.54, 1.807) is 0 Å².